The quantitative estimate of drug-likeness (QED) is 0.462. The lowest BCUT2D eigenvalue weighted by molar-refractivity contribution is -0.114. The summed E-state index contributed by atoms with van der Waals surface area (Å²) in [7, 11) is 0. The molecule has 3 rings (SSSR count). The number of pyridine rings is 1. The molecule has 0 unspecified atom stereocenters. The highest BCUT2D eigenvalue weighted by atomic mass is 32.2. The van der Waals surface area contributed by atoms with Crippen LogP contribution in [0.3, 0.4) is 0 Å². The van der Waals surface area contributed by atoms with Gasteiger partial charge in [0.05, 0.1) is 5.75 Å². The molecular formula is C20H21N5O2S. The van der Waals surface area contributed by atoms with Crippen molar-refractivity contribution in [1.29, 1.82) is 0 Å². The van der Waals surface area contributed by atoms with E-state index in [1.165, 1.54) is 18.7 Å². The number of benzene rings is 1. The zero-order valence-corrected chi connectivity index (χ0v) is 16.6. The first-order valence-corrected chi connectivity index (χ1v) is 9.94. The minimum atomic E-state index is -0.144. The van der Waals surface area contributed by atoms with Crippen LogP contribution in [-0.4, -0.2) is 37.2 Å². The van der Waals surface area contributed by atoms with Gasteiger partial charge < -0.3 is 9.88 Å². The van der Waals surface area contributed by atoms with E-state index in [0.29, 0.717) is 11.3 Å². The molecule has 144 valence electrons. The minimum absolute atomic E-state index is 0.00381. The Morgan fingerprint density at radius 1 is 1.07 bits per heavy atom. The molecule has 0 spiro atoms. The second-order valence-electron chi connectivity index (χ2n) is 6.16. The maximum absolute atomic E-state index is 12.5. The van der Waals surface area contributed by atoms with Crippen molar-refractivity contribution >= 4 is 29.1 Å². The van der Waals surface area contributed by atoms with Crippen LogP contribution in [0.25, 0.3) is 11.4 Å². The van der Waals surface area contributed by atoms with Crippen molar-refractivity contribution in [1.82, 2.24) is 19.7 Å². The molecule has 0 atom stereocenters. The van der Waals surface area contributed by atoms with E-state index in [2.05, 4.69) is 27.4 Å². The topological polar surface area (TPSA) is 89.8 Å². The molecule has 1 aromatic carbocycles. The third-order valence-corrected chi connectivity index (χ3v) is 4.93. The molecular weight excluding hydrogens is 374 g/mol. The molecule has 1 N–H and O–H groups in total. The molecule has 0 aliphatic rings. The van der Waals surface area contributed by atoms with Crippen LogP contribution >= 0.6 is 11.8 Å². The predicted molar refractivity (Wildman–Crippen MR) is 109 cm³/mol. The van der Waals surface area contributed by atoms with Gasteiger partial charge in [0.15, 0.2) is 16.8 Å². The Hall–Kier alpha value is -3.00. The molecule has 28 heavy (non-hydrogen) atoms. The number of thioether (sulfide) groups is 1. The molecule has 0 aliphatic carbocycles. The number of ketones is 1. The Morgan fingerprint density at radius 2 is 1.79 bits per heavy atom. The highest BCUT2D eigenvalue weighted by Crippen LogP contribution is 2.25. The third kappa shape index (κ3) is 4.83. The van der Waals surface area contributed by atoms with E-state index < -0.39 is 0 Å². The van der Waals surface area contributed by atoms with Crippen molar-refractivity contribution in [3.63, 3.8) is 0 Å². The van der Waals surface area contributed by atoms with Crippen molar-refractivity contribution < 1.29 is 9.59 Å². The van der Waals surface area contributed by atoms with Gasteiger partial charge in [0.2, 0.25) is 5.91 Å². The molecule has 2 heterocycles. The summed E-state index contributed by atoms with van der Waals surface area (Å²) >= 11 is 1.37. The van der Waals surface area contributed by atoms with Crippen molar-refractivity contribution in [2.75, 3.05) is 11.1 Å². The van der Waals surface area contributed by atoms with Gasteiger partial charge in [-0.2, -0.15) is 0 Å². The first-order chi connectivity index (χ1) is 13.6. The average molecular weight is 395 g/mol. The lowest BCUT2D eigenvalue weighted by atomic mass is 10.1. The standard InChI is InChI=1S/C20H21N5O2S/c1-3-12-25-19(16-8-10-21-11-9-16)23-24-20(25)28-13-18(27)15-4-6-17(7-5-15)22-14(2)26/h4-11H,3,12-13H2,1-2H3,(H,22,26). The molecule has 0 bridgehead atoms. The zero-order chi connectivity index (χ0) is 19.9. The molecule has 7 nitrogen and oxygen atoms in total. The van der Waals surface area contributed by atoms with Crippen molar-refractivity contribution in [2.45, 2.75) is 32.0 Å². The van der Waals surface area contributed by atoms with E-state index in [4.69, 9.17) is 0 Å². The van der Waals surface area contributed by atoms with E-state index in [9.17, 15) is 9.59 Å². The summed E-state index contributed by atoms with van der Waals surface area (Å²) in [4.78, 5) is 27.6. The SMILES string of the molecule is CCCn1c(SCC(=O)c2ccc(NC(C)=O)cc2)nnc1-c1ccncc1. The summed E-state index contributed by atoms with van der Waals surface area (Å²) in [5.41, 5.74) is 2.21. The normalized spacial score (nSPS) is 10.6. The molecule has 0 saturated carbocycles. The second kappa shape index (κ2) is 9.27. The van der Waals surface area contributed by atoms with Crippen LogP contribution in [0.1, 0.15) is 30.6 Å². The number of anilines is 1. The zero-order valence-electron chi connectivity index (χ0n) is 15.8. The van der Waals surface area contributed by atoms with Gasteiger partial charge in [0.25, 0.3) is 0 Å². The fourth-order valence-electron chi connectivity index (χ4n) is 2.69. The number of hydrogen-bond acceptors (Lipinski definition) is 6. The maximum atomic E-state index is 12.5. The smallest absolute Gasteiger partial charge is 0.221 e. The molecule has 1 amide bonds. The average Bonchev–Trinajstić information content (AvgIpc) is 3.10. The van der Waals surface area contributed by atoms with E-state index in [0.717, 1.165) is 29.5 Å². The molecule has 3 aromatic rings. The van der Waals surface area contributed by atoms with Gasteiger partial charge in [0.1, 0.15) is 0 Å². The fraction of sp³-hybridized carbons (Fsp3) is 0.250. The number of amides is 1. The molecule has 8 heteroatoms. The monoisotopic (exact) mass is 395 g/mol. The third-order valence-electron chi connectivity index (χ3n) is 3.96. The van der Waals surface area contributed by atoms with Gasteiger partial charge >= 0.3 is 0 Å². The minimum Gasteiger partial charge on any atom is -0.326 e. The first-order valence-electron chi connectivity index (χ1n) is 8.95. The van der Waals surface area contributed by atoms with Crippen LogP contribution in [0.2, 0.25) is 0 Å². The van der Waals surface area contributed by atoms with Gasteiger partial charge in [-0.05, 0) is 42.8 Å². The number of Topliss-reactive ketones (excluding diaryl/α,β-unsaturated/α-hetero) is 1. The number of hydrogen-bond donors (Lipinski definition) is 1. The van der Waals surface area contributed by atoms with Gasteiger partial charge in [-0.3, -0.25) is 14.6 Å². The number of aromatic nitrogens is 4. The lowest BCUT2D eigenvalue weighted by Gasteiger charge is -2.08. The Balaban J connectivity index is 1.71. The van der Waals surface area contributed by atoms with Gasteiger partial charge in [-0.1, -0.05) is 18.7 Å². The highest BCUT2D eigenvalue weighted by molar-refractivity contribution is 7.99. The van der Waals surface area contributed by atoms with E-state index in [1.54, 1.807) is 36.7 Å². The fourth-order valence-corrected chi connectivity index (χ4v) is 3.55. The second-order valence-corrected chi connectivity index (χ2v) is 7.11. The van der Waals surface area contributed by atoms with E-state index in [1.807, 2.05) is 16.7 Å². The summed E-state index contributed by atoms with van der Waals surface area (Å²) in [5.74, 6) is 0.891. The Labute approximate surface area is 167 Å². The first kappa shape index (κ1) is 19.8. The van der Waals surface area contributed by atoms with Crippen LogP contribution < -0.4 is 5.32 Å². The summed E-state index contributed by atoms with van der Waals surface area (Å²) in [6.07, 6.45) is 4.38. The largest absolute Gasteiger partial charge is 0.326 e. The number of carbonyl (C=O) groups is 2. The summed E-state index contributed by atoms with van der Waals surface area (Å²) in [6.45, 7) is 4.31. The summed E-state index contributed by atoms with van der Waals surface area (Å²) in [5, 5.41) is 12.0. The molecule has 2 aromatic heterocycles. The Morgan fingerprint density at radius 3 is 2.43 bits per heavy atom. The summed E-state index contributed by atoms with van der Waals surface area (Å²) < 4.78 is 2.03. The maximum Gasteiger partial charge on any atom is 0.221 e. The number of rotatable bonds is 8. The molecule has 0 fully saturated rings. The van der Waals surface area contributed by atoms with Crippen LogP contribution in [-0.2, 0) is 11.3 Å². The van der Waals surface area contributed by atoms with Crippen LogP contribution in [0.15, 0.2) is 53.9 Å². The number of nitrogens with one attached hydrogen (secondary N) is 1. The molecule has 0 saturated heterocycles. The predicted octanol–water partition coefficient (Wildman–Crippen LogP) is 3.68. The number of carbonyl (C=O) groups excluding carboxylic acids is 2. The van der Waals surface area contributed by atoms with Gasteiger partial charge in [-0.15, -0.1) is 10.2 Å². The van der Waals surface area contributed by atoms with Gasteiger partial charge in [0, 0.05) is 42.7 Å². The summed E-state index contributed by atoms with van der Waals surface area (Å²) in [6, 6.07) is 10.7. The Kier molecular flexibility index (Phi) is 6.54. The molecule has 0 radical (unpaired) electrons. The van der Waals surface area contributed by atoms with Crippen molar-refractivity contribution in [2.24, 2.45) is 0 Å². The van der Waals surface area contributed by atoms with Crippen LogP contribution in [0.4, 0.5) is 5.69 Å². The van der Waals surface area contributed by atoms with Gasteiger partial charge in [-0.25, -0.2) is 0 Å². The van der Waals surface area contributed by atoms with E-state index >= 15 is 0 Å². The number of nitrogens with zero attached hydrogens (tertiary/aromatic N) is 4. The van der Waals surface area contributed by atoms with E-state index in [-0.39, 0.29) is 17.4 Å². The lowest BCUT2D eigenvalue weighted by Crippen LogP contribution is -2.07. The van der Waals surface area contributed by atoms with Crippen LogP contribution in [0.5, 0.6) is 0 Å². The molecule has 0 aliphatic heterocycles. The van der Waals surface area contributed by atoms with Crippen molar-refractivity contribution in [3.8, 4) is 11.4 Å². The Bertz CT molecular complexity index is 954. The van der Waals surface area contributed by atoms with Crippen molar-refractivity contribution in [3.05, 3.63) is 54.4 Å². The van der Waals surface area contributed by atoms with Crippen LogP contribution in [0, 0.1) is 0 Å². The highest BCUT2D eigenvalue weighted by Gasteiger charge is 2.16.